The van der Waals surface area contributed by atoms with E-state index in [4.69, 9.17) is 0 Å². The fraction of sp³-hybridized carbons (Fsp3) is 0.300. The number of likely N-dealkylation sites (N-methyl/N-ethyl adjacent to an activating group) is 1. The number of nitrogens with one attached hydrogen (secondary N) is 1. The van der Waals surface area contributed by atoms with E-state index in [0.717, 1.165) is 12.8 Å². The number of sulfonamides is 1. The Morgan fingerprint density at radius 3 is 2.48 bits per heavy atom. The minimum absolute atomic E-state index is 0.0582. The summed E-state index contributed by atoms with van der Waals surface area (Å²) < 4.78 is 40.0. The van der Waals surface area contributed by atoms with Crippen LogP contribution in [0.4, 0.5) is 10.1 Å². The average molecular weight is 419 g/mol. The van der Waals surface area contributed by atoms with Crippen molar-refractivity contribution in [3.8, 4) is 0 Å². The summed E-state index contributed by atoms with van der Waals surface area (Å²) in [5.41, 5.74) is 0.459. The lowest BCUT2D eigenvalue weighted by atomic mass is 10.2. The highest BCUT2D eigenvalue weighted by Crippen LogP contribution is 2.22. The van der Waals surface area contributed by atoms with Gasteiger partial charge in [-0.1, -0.05) is 12.1 Å². The van der Waals surface area contributed by atoms with E-state index >= 15 is 0 Å². The zero-order valence-corrected chi connectivity index (χ0v) is 16.8. The minimum atomic E-state index is -3.64. The minimum Gasteiger partial charge on any atom is -0.332 e. The first-order valence-corrected chi connectivity index (χ1v) is 10.6. The van der Waals surface area contributed by atoms with Gasteiger partial charge in [-0.3, -0.25) is 9.59 Å². The first-order valence-electron chi connectivity index (χ1n) is 9.18. The second-order valence-electron chi connectivity index (χ2n) is 6.86. The summed E-state index contributed by atoms with van der Waals surface area (Å²) in [4.78, 5) is 26.0. The number of amides is 2. The van der Waals surface area contributed by atoms with Crippen LogP contribution in [0.25, 0.3) is 0 Å². The van der Waals surface area contributed by atoms with Gasteiger partial charge in [-0.05, 0) is 49.2 Å². The molecule has 0 aliphatic carbocycles. The normalized spacial score (nSPS) is 14.6. The molecule has 1 N–H and O–H groups in total. The number of carbonyl (C=O) groups is 2. The molecule has 7 nitrogen and oxygen atoms in total. The highest BCUT2D eigenvalue weighted by molar-refractivity contribution is 7.89. The molecule has 1 aliphatic rings. The Hall–Kier alpha value is -2.78. The third kappa shape index (κ3) is 4.99. The van der Waals surface area contributed by atoms with Crippen LogP contribution in [-0.2, 0) is 14.8 Å². The predicted octanol–water partition coefficient (Wildman–Crippen LogP) is 2.32. The number of benzene rings is 2. The molecule has 2 amide bonds. The van der Waals surface area contributed by atoms with Gasteiger partial charge < -0.3 is 10.2 Å². The number of hydrogen-bond acceptors (Lipinski definition) is 4. The smallest absolute Gasteiger partial charge is 0.254 e. The molecule has 1 fully saturated rings. The standard InChI is InChI=1S/C20H22FN3O4S/c1-23(14-19(25)22-17-8-5-7-16(21)13-17)20(26)15-6-4-9-18(12-15)29(27,28)24-10-2-3-11-24/h4-9,12-13H,2-3,10-11,14H2,1H3,(H,22,25). The van der Waals surface area contributed by atoms with Crippen LogP contribution in [0.15, 0.2) is 53.4 Å². The number of nitrogens with zero attached hydrogens (tertiary/aromatic N) is 2. The lowest BCUT2D eigenvalue weighted by Gasteiger charge is -2.19. The molecule has 0 spiro atoms. The fourth-order valence-electron chi connectivity index (χ4n) is 3.14. The van der Waals surface area contributed by atoms with Gasteiger partial charge in [-0.2, -0.15) is 4.31 Å². The molecule has 1 aliphatic heterocycles. The second-order valence-corrected chi connectivity index (χ2v) is 8.80. The van der Waals surface area contributed by atoms with Crippen molar-refractivity contribution in [1.29, 1.82) is 0 Å². The first-order chi connectivity index (χ1) is 13.8. The summed E-state index contributed by atoms with van der Waals surface area (Å²) in [6.45, 7) is 0.680. The maximum atomic E-state index is 13.2. The quantitative estimate of drug-likeness (QED) is 0.779. The Balaban J connectivity index is 1.68. The van der Waals surface area contributed by atoms with Crippen LogP contribution in [0.1, 0.15) is 23.2 Å². The molecule has 0 bridgehead atoms. The summed E-state index contributed by atoms with van der Waals surface area (Å²) >= 11 is 0. The molecule has 0 radical (unpaired) electrons. The summed E-state index contributed by atoms with van der Waals surface area (Å²) in [5.74, 6) is -1.46. The second kappa shape index (κ2) is 8.71. The van der Waals surface area contributed by atoms with Crippen LogP contribution in [-0.4, -0.2) is 56.1 Å². The van der Waals surface area contributed by atoms with E-state index in [0.29, 0.717) is 13.1 Å². The molecule has 2 aromatic carbocycles. The lowest BCUT2D eigenvalue weighted by Crippen LogP contribution is -2.35. The molecule has 9 heteroatoms. The third-order valence-electron chi connectivity index (χ3n) is 4.62. The maximum Gasteiger partial charge on any atom is 0.254 e. The molecule has 1 saturated heterocycles. The molecule has 0 atom stereocenters. The summed E-state index contributed by atoms with van der Waals surface area (Å²) in [6.07, 6.45) is 1.64. The van der Waals surface area contributed by atoms with Gasteiger partial charge in [0.05, 0.1) is 11.4 Å². The molecule has 0 aromatic heterocycles. The van der Waals surface area contributed by atoms with E-state index in [1.165, 1.54) is 64.8 Å². The summed E-state index contributed by atoms with van der Waals surface area (Å²) in [6, 6.07) is 11.2. The largest absolute Gasteiger partial charge is 0.332 e. The van der Waals surface area contributed by atoms with Gasteiger partial charge in [-0.15, -0.1) is 0 Å². The van der Waals surface area contributed by atoms with Crippen molar-refractivity contribution < 1.29 is 22.4 Å². The Bertz CT molecular complexity index is 1020. The van der Waals surface area contributed by atoms with Gasteiger partial charge in [0.1, 0.15) is 5.82 Å². The first kappa shape index (κ1) is 20.9. The van der Waals surface area contributed by atoms with Gasteiger partial charge in [0.2, 0.25) is 15.9 Å². The Morgan fingerprint density at radius 1 is 1.10 bits per heavy atom. The molecule has 0 unspecified atom stereocenters. The van der Waals surface area contributed by atoms with Gasteiger partial charge in [-0.25, -0.2) is 12.8 Å². The van der Waals surface area contributed by atoms with E-state index in [9.17, 15) is 22.4 Å². The molecule has 2 aromatic rings. The summed E-state index contributed by atoms with van der Waals surface area (Å²) in [5, 5.41) is 2.52. The number of halogens is 1. The highest BCUT2D eigenvalue weighted by atomic mass is 32.2. The lowest BCUT2D eigenvalue weighted by molar-refractivity contribution is -0.116. The number of anilines is 1. The van der Waals surface area contributed by atoms with E-state index < -0.39 is 27.7 Å². The number of hydrogen-bond donors (Lipinski definition) is 1. The van der Waals surface area contributed by atoms with Crippen LogP contribution >= 0.6 is 0 Å². The molecule has 1 heterocycles. The van der Waals surface area contributed by atoms with Crippen molar-refractivity contribution in [1.82, 2.24) is 9.21 Å². The van der Waals surface area contributed by atoms with E-state index in [1.807, 2.05) is 0 Å². The SMILES string of the molecule is CN(CC(=O)Nc1cccc(F)c1)C(=O)c1cccc(S(=O)(=O)N2CCCC2)c1. The van der Waals surface area contributed by atoms with Crippen LogP contribution in [0, 0.1) is 5.82 Å². The van der Waals surface area contributed by atoms with Gasteiger partial charge >= 0.3 is 0 Å². The van der Waals surface area contributed by atoms with Gasteiger partial charge in [0.25, 0.3) is 5.91 Å². The van der Waals surface area contributed by atoms with Crippen LogP contribution in [0.3, 0.4) is 0 Å². The molecular weight excluding hydrogens is 397 g/mol. The van der Waals surface area contributed by atoms with Crippen molar-refractivity contribution >= 4 is 27.5 Å². The van der Waals surface area contributed by atoms with Gasteiger partial charge in [0, 0.05) is 31.4 Å². The topological polar surface area (TPSA) is 86.8 Å². The highest BCUT2D eigenvalue weighted by Gasteiger charge is 2.28. The van der Waals surface area contributed by atoms with Crippen molar-refractivity contribution in [3.05, 3.63) is 59.9 Å². The average Bonchev–Trinajstić information content (AvgIpc) is 3.23. The molecule has 3 rings (SSSR count). The molecule has 29 heavy (non-hydrogen) atoms. The molecule has 154 valence electrons. The van der Waals surface area contributed by atoms with Crippen LogP contribution in [0.2, 0.25) is 0 Å². The molecule has 0 saturated carbocycles. The van der Waals surface area contributed by atoms with Gasteiger partial charge in [0.15, 0.2) is 0 Å². The fourth-order valence-corrected chi connectivity index (χ4v) is 4.70. The number of carbonyl (C=O) groups excluding carboxylic acids is 2. The zero-order chi connectivity index (χ0) is 21.0. The van der Waals surface area contributed by atoms with Crippen LogP contribution < -0.4 is 5.32 Å². The summed E-state index contributed by atoms with van der Waals surface area (Å²) in [7, 11) is -2.20. The zero-order valence-electron chi connectivity index (χ0n) is 16.0. The molecular formula is C20H22FN3O4S. The predicted molar refractivity (Wildman–Crippen MR) is 106 cm³/mol. The Morgan fingerprint density at radius 2 is 1.79 bits per heavy atom. The van der Waals surface area contributed by atoms with E-state index in [2.05, 4.69) is 5.32 Å². The Kier molecular flexibility index (Phi) is 6.29. The van der Waals surface area contributed by atoms with Crippen molar-refractivity contribution in [2.45, 2.75) is 17.7 Å². The van der Waals surface area contributed by atoms with E-state index in [-0.39, 0.29) is 22.7 Å². The monoisotopic (exact) mass is 419 g/mol. The third-order valence-corrected chi connectivity index (χ3v) is 6.51. The van der Waals surface area contributed by atoms with Crippen LogP contribution in [0.5, 0.6) is 0 Å². The van der Waals surface area contributed by atoms with Crippen molar-refractivity contribution in [2.24, 2.45) is 0 Å². The van der Waals surface area contributed by atoms with E-state index in [1.54, 1.807) is 0 Å². The van der Waals surface area contributed by atoms with Crippen molar-refractivity contribution in [3.63, 3.8) is 0 Å². The Labute approximate surface area is 169 Å². The maximum absolute atomic E-state index is 13.2. The number of rotatable bonds is 6. The van der Waals surface area contributed by atoms with Crippen molar-refractivity contribution in [2.75, 3.05) is 32.0 Å².